The second-order valence-electron chi connectivity index (χ2n) is 3.94. The van der Waals surface area contributed by atoms with Crippen LogP contribution in [-0.2, 0) is 4.79 Å². The summed E-state index contributed by atoms with van der Waals surface area (Å²) in [5.74, 6) is 1.07. The molecule has 1 fully saturated rings. The Labute approximate surface area is 94.9 Å². The lowest BCUT2D eigenvalue weighted by Crippen LogP contribution is -2.48. The fourth-order valence-electron chi connectivity index (χ4n) is 1.83. The number of nitrogens with zero attached hydrogens (tertiary/aromatic N) is 3. The average Bonchev–Trinajstić information content (AvgIpc) is 2.30. The number of hydrogen-bond acceptors (Lipinski definition) is 4. The SMILES string of the molecule is CC(=O)N1CCN(c2ccc(N)cn2)CC1. The van der Waals surface area contributed by atoms with Crippen LogP contribution in [-0.4, -0.2) is 42.0 Å². The van der Waals surface area contributed by atoms with Crippen LogP contribution in [0.4, 0.5) is 11.5 Å². The number of piperazine rings is 1. The van der Waals surface area contributed by atoms with E-state index in [0.717, 1.165) is 32.0 Å². The summed E-state index contributed by atoms with van der Waals surface area (Å²) in [5, 5.41) is 0. The molecule has 0 aliphatic carbocycles. The van der Waals surface area contributed by atoms with Crippen molar-refractivity contribution < 1.29 is 4.79 Å². The molecule has 1 saturated heterocycles. The summed E-state index contributed by atoms with van der Waals surface area (Å²) in [6.45, 7) is 4.80. The molecule has 0 radical (unpaired) electrons. The van der Waals surface area contributed by atoms with Crippen LogP contribution in [0.3, 0.4) is 0 Å². The van der Waals surface area contributed by atoms with Crippen molar-refractivity contribution in [3.63, 3.8) is 0 Å². The number of carbonyl (C=O) groups is 1. The molecule has 0 unspecified atom stereocenters. The smallest absolute Gasteiger partial charge is 0.219 e. The van der Waals surface area contributed by atoms with Gasteiger partial charge < -0.3 is 15.5 Å². The Morgan fingerprint density at radius 3 is 2.50 bits per heavy atom. The molecule has 1 aromatic heterocycles. The van der Waals surface area contributed by atoms with Crippen molar-refractivity contribution in [1.82, 2.24) is 9.88 Å². The quantitative estimate of drug-likeness (QED) is 0.741. The van der Waals surface area contributed by atoms with E-state index < -0.39 is 0 Å². The monoisotopic (exact) mass is 220 g/mol. The van der Waals surface area contributed by atoms with Crippen LogP contribution >= 0.6 is 0 Å². The molecular formula is C11H16N4O. The van der Waals surface area contributed by atoms with E-state index >= 15 is 0 Å². The number of rotatable bonds is 1. The summed E-state index contributed by atoms with van der Waals surface area (Å²) in [6, 6.07) is 3.76. The molecule has 2 rings (SSSR count). The molecule has 1 aliphatic rings. The first-order chi connectivity index (χ1) is 7.66. The molecule has 16 heavy (non-hydrogen) atoms. The van der Waals surface area contributed by atoms with E-state index in [1.165, 1.54) is 0 Å². The highest BCUT2D eigenvalue weighted by molar-refractivity contribution is 5.73. The molecule has 1 amide bonds. The third kappa shape index (κ3) is 2.24. The van der Waals surface area contributed by atoms with E-state index in [9.17, 15) is 4.79 Å². The van der Waals surface area contributed by atoms with Gasteiger partial charge in [0, 0.05) is 33.1 Å². The van der Waals surface area contributed by atoms with Gasteiger partial charge in [0.15, 0.2) is 0 Å². The lowest BCUT2D eigenvalue weighted by atomic mass is 10.3. The Balaban J connectivity index is 1.99. The predicted molar refractivity (Wildman–Crippen MR) is 63.1 cm³/mol. The number of nitrogen functional groups attached to an aromatic ring is 1. The van der Waals surface area contributed by atoms with Crippen molar-refractivity contribution in [2.75, 3.05) is 36.8 Å². The molecule has 0 atom stereocenters. The number of carbonyl (C=O) groups excluding carboxylic acids is 1. The van der Waals surface area contributed by atoms with Crippen molar-refractivity contribution in [2.24, 2.45) is 0 Å². The standard InChI is InChI=1S/C11H16N4O/c1-9(16)14-4-6-15(7-5-14)11-3-2-10(12)8-13-11/h2-3,8H,4-7,12H2,1H3. The van der Waals surface area contributed by atoms with Gasteiger partial charge in [-0.05, 0) is 12.1 Å². The van der Waals surface area contributed by atoms with E-state index in [1.807, 2.05) is 17.0 Å². The highest BCUT2D eigenvalue weighted by Crippen LogP contribution is 2.14. The zero-order valence-electron chi connectivity index (χ0n) is 9.39. The second kappa shape index (κ2) is 4.38. The molecule has 1 aliphatic heterocycles. The van der Waals surface area contributed by atoms with Gasteiger partial charge in [0.2, 0.25) is 5.91 Å². The van der Waals surface area contributed by atoms with Gasteiger partial charge in [-0.2, -0.15) is 0 Å². The van der Waals surface area contributed by atoms with Crippen molar-refractivity contribution >= 4 is 17.4 Å². The first-order valence-corrected chi connectivity index (χ1v) is 5.39. The van der Waals surface area contributed by atoms with Gasteiger partial charge in [-0.15, -0.1) is 0 Å². The molecule has 0 bridgehead atoms. The number of pyridine rings is 1. The number of nitrogens with two attached hydrogens (primary N) is 1. The van der Waals surface area contributed by atoms with Crippen LogP contribution in [0.5, 0.6) is 0 Å². The van der Waals surface area contributed by atoms with E-state index in [-0.39, 0.29) is 5.91 Å². The predicted octanol–water partition coefficient (Wildman–Crippen LogP) is 0.332. The number of hydrogen-bond donors (Lipinski definition) is 1. The first kappa shape index (κ1) is 10.7. The Hall–Kier alpha value is -1.78. The van der Waals surface area contributed by atoms with Crippen molar-refractivity contribution in [3.05, 3.63) is 18.3 Å². The summed E-state index contributed by atoms with van der Waals surface area (Å²) in [6.07, 6.45) is 1.66. The minimum atomic E-state index is 0.143. The lowest BCUT2D eigenvalue weighted by molar-refractivity contribution is -0.129. The normalized spacial score (nSPS) is 16.3. The van der Waals surface area contributed by atoms with Crippen molar-refractivity contribution in [1.29, 1.82) is 0 Å². The minimum Gasteiger partial charge on any atom is -0.397 e. The molecule has 5 nitrogen and oxygen atoms in total. The van der Waals surface area contributed by atoms with Gasteiger partial charge in [0.05, 0.1) is 11.9 Å². The molecule has 0 aromatic carbocycles. The summed E-state index contributed by atoms with van der Waals surface area (Å²) in [7, 11) is 0. The highest BCUT2D eigenvalue weighted by Gasteiger charge is 2.19. The highest BCUT2D eigenvalue weighted by atomic mass is 16.2. The van der Waals surface area contributed by atoms with Gasteiger partial charge >= 0.3 is 0 Å². The molecule has 2 N–H and O–H groups in total. The van der Waals surface area contributed by atoms with Gasteiger partial charge in [0.1, 0.15) is 5.82 Å². The number of amides is 1. The molecule has 2 heterocycles. The van der Waals surface area contributed by atoms with Crippen molar-refractivity contribution in [2.45, 2.75) is 6.92 Å². The maximum Gasteiger partial charge on any atom is 0.219 e. The number of aromatic nitrogens is 1. The number of anilines is 2. The molecule has 1 aromatic rings. The van der Waals surface area contributed by atoms with E-state index in [4.69, 9.17) is 5.73 Å². The van der Waals surface area contributed by atoms with Crippen LogP contribution in [0.15, 0.2) is 18.3 Å². The lowest BCUT2D eigenvalue weighted by Gasteiger charge is -2.34. The third-order valence-corrected chi connectivity index (χ3v) is 2.82. The Morgan fingerprint density at radius 1 is 1.31 bits per heavy atom. The molecular weight excluding hydrogens is 204 g/mol. The third-order valence-electron chi connectivity index (χ3n) is 2.82. The maximum absolute atomic E-state index is 11.2. The van der Waals surface area contributed by atoms with Crippen LogP contribution in [0.25, 0.3) is 0 Å². The molecule has 0 spiro atoms. The summed E-state index contributed by atoms with van der Waals surface area (Å²) >= 11 is 0. The Bertz CT molecular complexity index is 368. The van der Waals surface area contributed by atoms with Crippen LogP contribution in [0, 0.1) is 0 Å². The second-order valence-corrected chi connectivity index (χ2v) is 3.94. The summed E-state index contributed by atoms with van der Waals surface area (Å²) in [5.41, 5.74) is 6.26. The van der Waals surface area contributed by atoms with Gasteiger partial charge in [-0.3, -0.25) is 4.79 Å². The van der Waals surface area contributed by atoms with E-state index in [2.05, 4.69) is 9.88 Å². The fraction of sp³-hybridized carbons (Fsp3) is 0.455. The Kier molecular flexibility index (Phi) is 2.94. The fourth-order valence-corrected chi connectivity index (χ4v) is 1.83. The zero-order valence-corrected chi connectivity index (χ0v) is 9.39. The average molecular weight is 220 g/mol. The van der Waals surface area contributed by atoms with Crippen molar-refractivity contribution in [3.8, 4) is 0 Å². The van der Waals surface area contributed by atoms with Gasteiger partial charge in [-0.1, -0.05) is 0 Å². The van der Waals surface area contributed by atoms with E-state index in [1.54, 1.807) is 13.1 Å². The Morgan fingerprint density at radius 2 is 2.00 bits per heavy atom. The largest absolute Gasteiger partial charge is 0.397 e. The molecule has 5 heteroatoms. The molecule has 0 saturated carbocycles. The molecule has 86 valence electrons. The van der Waals surface area contributed by atoms with Gasteiger partial charge in [-0.25, -0.2) is 4.98 Å². The van der Waals surface area contributed by atoms with Gasteiger partial charge in [0.25, 0.3) is 0 Å². The zero-order chi connectivity index (χ0) is 11.5. The van der Waals surface area contributed by atoms with Crippen LogP contribution < -0.4 is 10.6 Å². The minimum absolute atomic E-state index is 0.143. The summed E-state index contributed by atoms with van der Waals surface area (Å²) < 4.78 is 0. The van der Waals surface area contributed by atoms with E-state index in [0.29, 0.717) is 5.69 Å². The van der Waals surface area contributed by atoms with Crippen LogP contribution in [0.2, 0.25) is 0 Å². The topological polar surface area (TPSA) is 62.5 Å². The first-order valence-electron chi connectivity index (χ1n) is 5.39. The maximum atomic E-state index is 11.2. The summed E-state index contributed by atoms with van der Waals surface area (Å²) in [4.78, 5) is 19.5. The van der Waals surface area contributed by atoms with Crippen LogP contribution in [0.1, 0.15) is 6.92 Å².